The number of anilines is 2. The van der Waals surface area contributed by atoms with E-state index in [0.717, 1.165) is 4.47 Å². The van der Waals surface area contributed by atoms with Crippen LogP contribution in [0, 0.1) is 11.3 Å². The number of hydrogen-bond acceptors (Lipinski definition) is 3. The summed E-state index contributed by atoms with van der Waals surface area (Å²) in [6.45, 7) is 0. The van der Waals surface area contributed by atoms with Gasteiger partial charge in [-0.25, -0.2) is 0 Å². The number of methoxy groups -OCH3 is 1. The highest BCUT2D eigenvalue weighted by Crippen LogP contribution is 2.31. The molecule has 1 N–H and O–H groups in total. The van der Waals surface area contributed by atoms with Crippen LogP contribution in [0.15, 0.2) is 40.9 Å². The number of rotatable bonds is 3. The van der Waals surface area contributed by atoms with Gasteiger partial charge in [-0.2, -0.15) is 5.26 Å². The molecule has 0 saturated carbocycles. The van der Waals surface area contributed by atoms with E-state index in [1.807, 2.05) is 12.1 Å². The molecule has 2 aromatic rings. The molecule has 0 saturated heterocycles. The van der Waals surface area contributed by atoms with Crippen LogP contribution in [0.4, 0.5) is 11.4 Å². The van der Waals surface area contributed by atoms with Gasteiger partial charge in [0.25, 0.3) is 0 Å². The summed E-state index contributed by atoms with van der Waals surface area (Å²) >= 11 is 9.45. The van der Waals surface area contributed by atoms with Crippen molar-refractivity contribution in [2.75, 3.05) is 12.4 Å². The van der Waals surface area contributed by atoms with Crippen LogP contribution in [0.5, 0.6) is 5.75 Å². The molecule has 0 aliphatic carbocycles. The number of nitrogens with zero attached hydrogens (tertiary/aromatic N) is 1. The van der Waals surface area contributed by atoms with Crippen LogP contribution in [0.2, 0.25) is 5.02 Å². The van der Waals surface area contributed by atoms with Gasteiger partial charge >= 0.3 is 0 Å². The van der Waals surface area contributed by atoms with Gasteiger partial charge in [0.05, 0.1) is 29.1 Å². The van der Waals surface area contributed by atoms with Crippen molar-refractivity contribution in [2.24, 2.45) is 0 Å². The van der Waals surface area contributed by atoms with Gasteiger partial charge in [0.1, 0.15) is 11.8 Å². The zero-order valence-electron chi connectivity index (χ0n) is 10.1. The molecule has 0 aliphatic rings. The standard InChI is InChI=1S/C14H10BrClN2O/c1-19-11-3-4-12(16)14(7-11)18-13-5-2-10(15)6-9(13)8-17/h2-7,18H,1H3. The van der Waals surface area contributed by atoms with E-state index >= 15 is 0 Å². The second kappa shape index (κ2) is 5.96. The van der Waals surface area contributed by atoms with E-state index in [2.05, 4.69) is 27.3 Å². The number of nitrogens with one attached hydrogen (secondary N) is 1. The van der Waals surface area contributed by atoms with E-state index in [-0.39, 0.29) is 0 Å². The van der Waals surface area contributed by atoms with Crippen molar-refractivity contribution in [1.82, 2.24) is 0 Å². The normalized spacial score (nSPS) is 9.79. The Morgan fingerprint density at radius 3 is 2.68 bits per heavy atom. The molecule has 3 nitrogen and oxygen atoms in total. The van der Waals surface area contributed by atoms with Crippen molar-refractivity contribution in [3.8, 4) is 11.8 Å². The first kappa shape index (κ1) is 13.7. The molecular formula is C14H10BrClN2O. The maximum atomic E-state index is 9.12. The first-order valence-corrected chi connectivity index (χ1v) is 6.61. The first-order chi connectivity index (χ1) is 9.13. The lowest BCUT2D eigenvalue weighted by molar-refractivity contribution is 0.415. The molecule has 2 rings (SSSR count). The zero-order valence-corrected chi connectivity index (χ0v) is 12.4. The zero-order chi connectivity index (χ0) is 13.8. The minimum Gasteiger partial charge on any atom is -0.497 e. The summed E-state index contributed by atoms with van der Waals surface area (Å²) in [6, 6.07) is 12.9. The smallest absolute Gasteiger partial charge is 0.121 e. The van der Waals surface area contributed by atoms with Crippen molar-refractivity contribution >= 4 is 38.9 Å². The van der Waals surface area contributed by atoms with Crippen LogP contribution in [0.25, 0.3) is 0 Å². The van der Waals surface area contributed by atoms with Gasteiger partial charge in [-0.3, -0.25) is 0 Å². The fraction of sp³-hybridized carbons (Fsp3) is 0.0714. The summed E-state index contributed by atoms with van der Waals surface area (Å²) in [5.74, 6) is 0.697. The van der Waals surface area contributed by atoms with Crippen LogP contribution in [0.1, 0.15) is 5.56 Å². The maximum absolute atomic E-state index is 9.12. The third kappa shape index (κ3) is 3.19. The molecular weight excluding hydrogens is 328 g/mol. The number of halogens is 2. The summed E-state index contributed by atoms with van der Waals surface area (Å²) in [6.07, 6.45) is 0. The lowest BCUT2D eigenvalue weighted by atomic mass is 10.2. The Hall–Kier alpha value is -1.70. The third-order valence-electron chi connectivity index (χ3n) is 2.54. The predicted octanol–water partition coefficient (Wildman–Crippen LogP) is 4.73. The Morgan fingerprint density at radius 1 is 1.21 bits per heavy atom. The van der Waals surface area contributed by atoms with Gasteiger partial charge in [-0.05, 0) is 30.3 Å². The molecule has 0 aliphatic heterocycles. The lowest BCUT2D eigenvalue weighted by Crippen LogP contribution is -1.95. The molecule has 0 atom stereocenters. The molecule has 0 spiro atoms. The fourth-order valence-corrected chi connectivity index (χ4v) is 2.12. The molecule has 0 unspecified atom stereocenters. The summed E-state index contributed by atoms with van der Waals surface area (Å²) in [7, 11) is 1.59. The maximum Gasteiger partial charge on any atom is 0.121 e. The van der Waals surface area contributed by atoms with E-state index in [1.165, 1.54) is 0 Å². The molecule has 0 aromatic heterocycles. The monoisotopic (exact) mass is 336 g/mol. The summed E-state index contributed by atoms with van der Waals surface area (Å²) < 4.78 is 6.01. The molecule has 19 heavy (non-hydrogen) atoms. The van der Waals surface area contributed by atoms with Crippen molar-refractivity contribution in [3.05, 3.63) is 51.5 Å². The molecule has 0 amide bonds. The topological polar surface area (TPSA) is 45.0 Å². The average molecular weight is 338 g/mol. The Bertz CT molecular complexity index is 652. The third-order valence-corrected chi connectivity index (χ3v) is 3.37. The Morgan fingerprint density at radius 2 is 2.00 bits per heavy atom. The molecule has 96 valence electrons. The van der Waals surface area contributed by atoms with Crippen molar-refractivity contribution in [1.29, 1.82) is 5.26 Å². The van der Waals surface area contributed by atoms with Gasteiger partial charge in [0.2, 0.25) is 0 Å². The van der Waals surface area contributed by atoms with Gasteiger partial charge in [-0.1, -0.05) is 27.5 Å². The average Bonchev–Trinajstić information content (AvgIpc) is 2.43. The molecule has 0 heterocycles. The highest BCUT2D eigenvalue weighted by Gasteiger charge is 2.07. The van der Waals surface area contributed by atoms with E-state index < -0.39 is 0 Å². The lowest BCUT2D eigenvalue weighted by Gasteiger charge is -2.11. The molecule has 5 heteroatoms. The Kier molecular flexibility index (Phi) is 4.31. The van der Waals surface area contributed by atoms with Crippen LogP contribution in [0.3, 0.4) is 0 Å². The van der Waals surface area contributed by atoms with E-state index in [9.17, 15) is 0 Å². The summed E-state index contributed by atoms with van der Waals surface area (Å²) in [5, 5.41) is 12.8. The second-order valence-corrected chi connectivity index (χ2v) is 5.10. The fourth-order valence-electron chi connectivity index (χ4n) is 1.59. The molecule has 2 aromatic carbocycles. The van der Waals surface area contributed by atoms with E-state index in [0.29, 0.717) is 27.7 Å². The minimum absolute atomic E-state index is 0.535. The number of hydrogen-bond donors (Lipinski definition) is 1. The molecule has 0 radical (unpaired) electrons. The predicted molar refractivity (Wildman–Crippen MR) is 80.1 cm³/mol. The van der Waals surface area contributed by atoms with Gasteiger partial charge < -0.3 is 10.1 Å². The Labute approximate surface area is 124 Å². The Balaban J connectivity index is 2.39. The summed E-state index contributed by atoms with van der Waals surface area (Å²) in [4.78, 5) is 0. The first-order valence-electron chi connectivity index (χ1n) is 5.44. The van der Waals surface area contributed by atoms with Gasteiger partial charge in [0.15, 0.2) is 0 Å². The molecule has 0 bridgehead atoms. The minimum atomic E-state index is 0.535. The van der Waals surface area contributed by atoms with Crippen molar-refractivity contribution in [3.63, 3.8) is 0 Å². The number of nitriles is 1. The van der Waals surface area contributed by atoms with Crippen LogP contribution >= 0.6 is 27.5 Å². The number of benzene rings is 2. The van der Waals surface area contributed by atoms with E-state index in [4.69, 9.17) is 21.6 Å². The largest absolute Gasteiger partial charge is 0.497 e. The van der Waals surface area contributed by atoms with Crippen LogP contribution < -0.4 is 10.1 Å². The highest BCUT2D eigenvalue weighted by atomic mass is 79.9. The number of ether oxygens (including phenoxy) is 1. The van der Waals surface area contributed by atoms with Crippen LogP contribution in [-0.2, 0) is 0 Å². The van der Waals surface area contributed by atoms with E-state index in [1.54, 1.807) is 31.4 Å². The molecule has 0 fully saturated rings. The van der Waals surface area contributed by atoms with Crippen LogP contribution in [-0.4, -0.2) is 7.11 Å². The van der Waals surface area contributed by atoms with Gasteiger partial charge in [0, 0.05) is 10.5 Å². The van der Waals surface area contributed by atoms with Crippen molar-refractivity contribution < 1.29 is 4.74 Å². The second-order valence-electron chi connectivity index (χ2n) is 3.77. The van der Waals surface area contributed by atoms with Crippen molar-refractivity contribution in [2.45, 2.75) is 0 Å². The SMILES string of the molecule is COc1ccc(Cl)c(Nc2ccc(Br)cc2C#N)c1. The quantitative estimate of drug-likeness (QED) is 0.881. The van der Waals surface area contributed by atoms with Gasteiger partial charge in [-0.15, -0.1) is 0 Å². The highest BCUT2D eigenvalue weighted by molar-refractivity contribution is 9.10. The summed E-state index contributed by atoms with van der Waals surface area (Å²) in [5.41, 5.74) is 1.92.